The predicted octanol–water partition coefficient (Wildman–Crippen LogP) is 1.54. The fourth-order valence-electron chi connectivity index (χ4n) is 1.24. The summed E-state index contributed by atoms with van der Waals surface area (Å²) in [5, 5.41) is 11.0. The Morgan fingerprint density at radius 3 is 2.82 bits per heavy atom. The van der Waals surface area contributed by atoms with Crippen molar-refractivity contribution in [3.8, 4) is 6.07 Å². The molecule has 0 aliphatic heterocycles. The Morgan fingerprint density at radius 1 is 1.71 bits per heavy atom. The van der Waals surface area contributed by atoms with Gasteiger partial charge in [-0.15, -0.1) is 11.3 Å². The third kappa shape index (κ3) is 3.25. The minimum absolute atomic E-state index is 0.118. The van der Waals surface area contributed by atoms with E-state index in [1.807, 2.05) is 19.9 Å². The number of rotatable bonds is 4. The van der Waals surface area contributed by atoms with Gasteiger partial charge < -0.3 is 10.6 Å². The largest absolute Gasteiger partial charge is 0.337 e. The van der Waals surface area contributed by atoms with Crippen LogP contribution in [0.4, 0.5) is 0 Å². The van der Waals surface area contributed by atoms with Gasteiger partial charge in [0.2, 0.25) is 0 Å². The highest BCUT2D eigenvalue weighted by Crippen LogP contribution is 2.17. The Labute approximate surface area is 105 Å². The Hall–Kier alpha value is -1.45. The molecule has 5 nitrogen and oxygen atoms in total. The molecule has 1 aromatic rings. The van der Waals surface area contributed by atoms with Gasteiger partial charge in [-0.1, -0.05) is 0 Å². The van der Waals surface area contributed by atoms with Gasteiger partial charge in [-0.3, -0.25) is 4.79 Å². The second-order valence-corrected chi connectivity index (χ2v) is 4.88. The van der Waals surface area contributed by atoms with Crippen molar-refractivity contribution in [2.75, 3.05) is 7.05 Å². The molecule has 2 N–H and O–H groups in total. The number of amides is 1. The maximum atomic E-state index is 12.0. The van der Waals surface area contributed by atoms with E-state index in [1.165, 1.54) is 16.2 Å². The summed E-state index contributed by atoms with van der Waals surface area (Å²) in [5.41, 5.74) is 6.09. The molecular weight excluding hydrogens is 236 g/mol. The van der Waals surface area contributed by atoms with Crippen LogP contribution < -0.4 is 5.73 Å². The second-order valence-electron chi connectivity index (χ2n) is 3.99. The summed E-state index contributed by atoms with van der Waals surface area (Å²) in [7, 11) is 1.68. The highest BCUT2D eigenvalue weighted by Gasteiger charge is 2.20. The van der Waals surface area contributed by atoms with Gasteiger partial charge in [0.15, 0.2) is 0 Å². The molecule has 0 radical (unpaired) electrons. The molecule has 0 bridgehead atoms. The van der Waals surface area contributed by atoms with E-state index in [-0.39, 0.29) is 18.0 Å². The van der Waals surface area contributed by atoms with E-state index in [4.69, 9.17) is 11.0 Å². The Balaban J connectivity index is 2.78. The van der Waals surface area contributed by atoms with Gasteiger partial charge in [-0.2, -0.15) is 5.26 Å². The van der Waals surface area contributed by atoms with Crippen molar-refractivity contribution in [3.63, 3.8) is 0 Å². The zero-order valence-corrected chi connectivity index (χ0v) is 11.0. The molecular formula is C11H16N4OS. The summed E-state index contributed by atoms with van der Waals surface area (Å²) < 4.78 is 0. The molecule has 0 saturated heterocycles. The Bertz CT molecular complexity index is 435. The molecule has 1 rings (SSSR count). The van der Waals surface area contributed by atoms with Crippen LogP contribution in [0.3, 0.4) is 0 Å². The van der Waals surface area contributed by atoms with Crippen molar-refractivity contribution >= 4 is 17.2 Å². The first-order valence-electron chi connectivity index (χ1n) is 5.32. The van der Waals surface area contributed by atoms with Crippen LogP contribution in [-0.4, -0.2) is 28.9 Å². The van der Waals surface area contributed by atoms with Crippen LogP contribution in [-0.2, 0) is 0 Å². The first-order valence-corrected chi connectivity index (χ1v) is 6.20. The van der Waals surface area contributed by atoms with Crippen molar-refractivity contribution in [2.45, 2.75) is 32.4 Å². The normalized spacial score (nSPS) is 13.8. The zero-order valence-electron chi connectivity index (χ0n) is 10.2. The van der Waals surface area contributed by atoms with Crippen LogP contribution in [0.15, 0.2) is 5.38 Å². The molecule has 2 atom stereocenters. The van der Waals surface area contributed by atoms with Gasteiger partial charge >= 0.3 is 0 Å². The summed E-state index contributed by atoms with van der Waals surface area (Å²) in [6.07, 6.45) is 0.312. The lowest BCUT2D eigenvalue weighted by atomic mass is 10.2. The van der Waals surface area contributed by atoms with E-state index in [9.17, 15) is 4.79 Å². The number of nitriles is 1. The highest BCUT2D eigenvalue weighted by molar-refractivity contribution is 7.09. The van der Waals surface area contributed by atoms with E-state index < -0.39 is 0 Å². The van der Waals surface area contributed by atoms with Crippen molar-refractivity contribution < 1.29 is 4.79 Å². The van der Waals surface area contributed by atoms with Gasteiger partial charge in [0, 0.05) is 18.5 Å². The lowest BCUT2D eigenvalue weighted by Crippen LogP contribution is -2.35. The monoisotopic (exact) mass is 252 g/mol. The van der Waals surface area contributed by atoms with E-state index in [0.29, 0.717) is 12.1 Å². The van der Waals surface area contributed by atoms with Crippen LogP contribution in [0.5, 0.6) is 0 Å². The minimum atomic E-state index is -0.170. The van der Waals surface area contributed by atoms with Crippen LogP contribution in [0.1, 0.15) is 41.8 Å². The quantitative estimate of drug-likeness (QED) is 0.881. The van der Waals surface area contributed by atoms with Crippen LogP contribution in [0.2, 0.25) is 0 Å². The first kappa shape index (κ1) is 13.6. The van der Waals surface area contributed by atoms with Crippen molar-refractivity contribution in [1.29, 1.82) is 5.26 Å². The van der Waals surface area contributed by atoms with E-state index in [2.05, 4.69) is 4.98 Å². The van der Waals surface area contributed by atoms with Gasteiger partial charge in [-0.25, -0.2) is 4.98 Å². The minimum Gasteiger partial charge on any atom is -0.337 e. The summed E-state index contributed by atoms with van der Waals surface area (Å²) >= 11 is 1.38. The predicted molar refractivity (Wildman–Crippen MR) is 66.5 cm³/mol. The molecule has 0 aliphatic rings. The van der Waals surface area contributed by atoms with Crippen molar-refractivity contribution in [2.24, 2.45) is 5.73 Å². The third-order valence-corrected chi connectivity index (χ3v) is 3.54. The lowest BCUT2D eigenvalue weighted by Gasteiger charge is -2.21. The van der Waals surface area contributed by atoms with E-state index >= 15 is 0 Å². The molecule has 6 heteroatoms. The third-order valence-electron chi connectivity index (χ3n) is 2.50. The number of carbonyl (C=O) groups excluding carboxylic acids is 1. The summed E-state index contributed by atoms with van der Waals surface area (Å²) in [6.45, 7) is 3.66. The van der Waals surface area contributed by atoms with Gasteiger partial charge in [0.25, 0.3) is 5.91 Å². The van der Waals surface area contributed by atoms with E-state index in [0.717, 1.165) is 5.01 Å². The molecule has 0 aliphatic carbocycles. The number of aromatic nitrogens is 1. The number of thiazole rings is 1. The number of nitrogens with zero attached hydrogens (tertiary/aromatic N) is 3. The maximum Gasteiger partial charge on any atom is 0.273 e. The molecule has 0 fully saturated rings. The van der Waals surface area contributed by atoms with Gasteiger partial charge in [0.1, 0.15) is 10.7 Å². The molecule has 1 amide bonds. The molecule has 1 heterocycles. The molecule has 1 aromatic heterocycles. The highest BCUT2D eigenvalue weighted by atomic mass is 32.1. The fourth-order valence-corrected chi connectivity index (χ4v) is 2.00. The standard InChI is InChI=1S/C11H16N4OS/c1-7(4-5-12)15(3)11(16)9-6-17-10(14-9)8(2)13/h6-8H,4,13H2,1-3H3. The van der Waals surface area contributed by atoms with E-state index in [1.54, 1.807) is 12.4 Å². The van der Waals surface area contributed by atoms with Crippen LogP contribution in [0, 0.1) is 11.3 Å². The van der Waals surface area contributed by atoms with Crippen molar-refractivity contribution in [3.05, 3.63) is 16.1 Å². The summed E-state index contributed by atoms with van der Waals surface area (Å²) in [5.74, 6) is -0.170. The topological polar surface area (TPSA) is 83.0 Å². The molecule has 17 heavy (non-hydrogen) atoms. The lowest BCUT2D eigenvalue weighted by molar-refractivity contribution is 0.0741. The molecule has 0 aromatic carbocycles. The SMILES string of the molecule is CC(N)c1nc(C(=O)N(C)C(C)CC#N)cs1. The fraction of sp³-hybridized carbons (Fsp3) is 0.545. The van der Waals surface area contributed by atoms with Crippen LogP contribution in [0.25, 0.3) is 0 Å². The summed E-state index contributed by atoms with van der Waals surface area (Å²) in [6, 6.07) is 1.77. The van der Waals surface area contributed by atoms with Gasteiger partial charge in [-0.05, 0) is 13.8 Å². The first-order chi connectivity index (χ1) is 7.97. The molecule has 2 unspecified atom stereocenters. The molecule has 0 saturated carbocycles. The number of nitrogens with two attached hydrogens (primary N) is 1. The number of hydrogen-bond donors (Lipinski definition) is 1. The van der Waals surface area contributed by atoms with Crippen molar-refractivity contribution in [1.82, 2.24) is 9.88 Å². The average molecular weight is 252 g/mol. The number of hydrogen-bond acceptors (Lipinski definition) is 5. The zero-order chi connectivity index (χ0) is 13.0. The Morgan fingerprint density at radius 2 is 2.35 bits per heavy atom. The average Bonchev–Trinajstić information content (AvgIpc) is 2.76. The Kier molecular flexibility index (Phi) is 4.61. The maximum absolute atomic E-state index is 12.0. The smallest absolute Gasteiger partial charge is 0.273 e. The molecule has 92 valence electrons. The van der Waals surface area contributed by atoms with Crippen LogP contribution >= 0.6 is 11.3 Å². The summed E-state index contributed by atoms with van der Waals surface area (Å²) in [4.78, 5) is 17.7. The number of carbonyl (C=O) groups is 1. The molecule has 0 spiro atoms. The second kappa shape index (κ2) is 5.75. The van der Waals surface area contributed by atoms with Gasteiger partial charge in [0.05, 0.1) is 18.5 Å².